The predicted octanol–water partition coefficient (Wildman–Crippen LogP) is 1.63. The number of furan rings is 1. The quantitative estimate of drug-likeness (QED) is 0.618. The van der Waals surface area contributed by atoms with E-state index in [1.54, 1.807) is 17.9 Å². The van der Waals surface area contributed by atoms with Crippen molar-refractivity contribution >= 4 is 5.88 Å². The molecule has 0 N–H and O–H groups in total. The average molecular weight is 265 g/mol. The van der Waals surface area contributed by atoms with Crippen molar-refractivity contribution in [3.05, 3.63) is 34.0 Å². The van der Waals surface area contributed by atoms with Crippen molar-refractivity contribution in [2.75, 3.05) is 13.2 Å². The first-order chi connectivity index (χ1) is 9.15. The molecule has 0 atom stereocenters. The molecule has 1 aliphatic heterocycles. The van der Waals surface area contributed by atoms with Gasteiger partial charge >= 0.3 is 5.88 Å². The Bertz CT molecular complexity index is 612. The van der Waals surface area contributed by atoms with Gasteiger partial charge in [0.1, 0.15) is 10.6 Å². The van der Waals surface area contributed by atoms with E-state index in [1.165, 1.54) is 12.1 Å². The van der Waals surface area contributed by atoms with Crippen LogP contribution in [0.5, 0.6) is 0 Å². The fourth-order valence-corrected chi connectivity index (χ4v) is 1.96. The number of hydrogen-bond donors (Lipinski definition) is 0. The molecule has 3 rings (SSSR count). The molecule has 0 bridgehead atoms. The van der Waals surface area contributed by atoms with Gasteiger partial charge in [-0.1, -0.05) is 0 Å². The van der Waals surface area contributed by atoms with Crippen LogP contribution in [0.1, 0.15) is 11.9 Å². The lowest BCUT2D eigenvalue weighted by Crippen LogP contribution is -1.98. The highest BCUT2D eigenvalue weighted by atomic mass is 16.7. The molecule has 1 saturated heterocycles. The summed E-state index contributed by atoms with van der Waals surface area (Å²) in [4.78, 5) is 10.0. The summed E-state index contributed by atoms with van der Waals surface area (Å²) in [6.45, 7) is 1.02. The summed E-state index contributed by atoms with van der Waals surface area (Å²) in [6, 6.07) is 2.81. The number of aryl methyl sites for hydroxylation is 1. The van der Waals surface area contributed by atoms with Gasteiger partial charge in [0, 0.05) is 13.2 Å². The van der Waals surface area contributed by atoms with E-state index < -0.39 is 11.2 Å². The first-order valence-electron chi connectivity index (χ1n) is 5.66. The minimum absolute atomic E-state index is 0.320. The van der Waals surface area contributed by atoms with Crippen molar-refractivity contribution in [2.24, 2.45) is 7.05 Å². The average Bonchev–Trinajstić information content (AvgIpc) is 3.08. The Labute approximate surface area is 107 Å². The van der Waals surface area contributed by atoms with Crippen molar-refractivity contribution < 1.29 is 18.8 Å². The molecule has 0 aromatic carbocycles. The zero-order valence-electron chi connectivity index (χ0n) is 10.1. The third kappa shape index (κ3) is 2.11. The van der Waals surface area contributed by atoms with Crippen LogP contribution in [0, 0.1) is 10.1 Å². The van der Waals surface area contributed by atoms with Crippen LogP contribution in [-0.2, 0) is 16.5 Å². The SMILES string of the molecule is Cn1cc(C2OCCO2)c(-c2ccc([N+](=O)[O-])o2)n1. The highest BCUT2D eigenvalue weighted by Gasteiger charge is 2.27. The number of nitro groups is 1. The molecule has 0 unspecified atom stereocenters. The van der Waals surface area contributed by atoms with Crippen LogP contribution in [0.3, 0.4) is 0 Å². The minimum atomic E-state index is -0.589. The summed E-state index contributed by atoms with van der Waals surface area (Å²) in [5.41, 5.74) is 1.19. The zero-order valence-corrected chi connectivity index (χ0v) is 10.1. The van der Waals surface area contributed by atoms with Crippen molar-refractivity contribution in [2.45, 2.75) is 6.29 Å². The molecule has 0 saturated carbocycles. The van der Waals surface area contributed by atoms with E-state index in [4.69, 9.17) is 13.9 Å². The maximum Gasteiger partial charge on any atom is 0.433 e. The molecule has 100 valence electrons. The fraction of sp³-hybridized carbons (Fsp3) is 0.364. The van der Waals surface area contributed by atoms with Crippen LogP contribution in [0.25, 0.3) is 11.5 Å². The van der Waals surface area contributed by atoms with Crippen molar-refractivity contribution in [3.63, 3.8) is 0 Å². The minimum Gasteiger partial charge on any atom is -0.399 e. The third-order valence-electron chi connectivity index (χ3n) is 2.74. The summed E-state index contributed by atoms with van der Waals surface area (Å²) in [5.74, 6) is 0.00117. The molecule has 3 heterocycles. The van der Waals surface area contributed by atoms with Gasteiger partial charge < -0.3 is 13.9 Å². The van der Waals surface area contributed by atoms with Gasteiger partial charge in [-0.25, -0.2) is 0 Å². The largest absolute Gasteiger partial charge is 0.433 e. The zero-order chi connectivity index (χ0) is 13.4. The molecular formula is C11H11N3O5. The molecule has 8 nitrogen and oxygen atoms in total. The summed E-state index contributed by atoms with van der Waals surface area (Å²) >= 11 is 0. The Morgan fingerprint density at radius 3 is 2.79 bits per heavy atom. The van der Waals surface area contributed by atoms with E-state index >= 15 is 0 Å². The third-order valence-corrected chi connectivity index (χ3v) is 2.74. The predicted molar refractivity (Wildman–Crippen MR) is 62.2 cm³/mol. The van der Waals surface area contributed by atoms with Gasteiger partial charge in [0.05, 0.1) is 24.8 Å². The summed E-state index contributed by atoms with van der Waals surface area (Å²) in [5, 5.41) is 14.9. The molecule has 0 aliphatic carbocycles. The second kappa shape index (κ2) is 4.48. The standard InChI is InChI=1S/C11H11N3O5/c1-13-6-7(11-17-4-5-18-11)10(12-13)8-2-3-9(19-8)14(15)16/h2-3,6,11H,4-5H2,1H3. The Balaban J connectivity index is 2.00. The molecule has 1 aliphatic rings. The Kier molecular flexibility index (Phi) is 2.80. The smallest absolute Gasteiger partial charge is 0.399 e. The molecule has 0 radical (unpaired) electrons. The number of nitrogens with zero attached hydrogens (tertiary/aromatic N) is 3. The van der Waals surface area contributed by atoms with Crippen LogP contribution < -0.4 is 0 Å². The summed E-state index contributed by atoms with van der Waals surface area (Å²) in [6.07, 6.45) is 1.24. The van der Waals surface area contributed by atoms with Gasteiger partial charge in [0.15, 0.2) is 12.1 Å². The maximum atomic E-state index is 10.6. The number of ether oxygens (including phenoxy) is 2. The summed E-state index contributed by atoms with van der Waals surface area (Å²) in [7, 11) is 1.75. The van der Waals surface area contributed by atoms with E-state index in [2.05, 4.69) is 5.10 Å². The van der Waals surface area contributed by atoms with Crippen LogP contribution in [-0.4, -0.2) is 27.9 Å². The normalized spacial score (nSPS) is 16.1. The number of aromatic nitrogens is 2. The van der Waals surface area contributed by atoms with Crippen LogP contribution in [0.15, 0.2) is 22.7 Å². The van der Waals surface area contributed by atoms with Crippen molar-refractivity contribution in [1.82, 2.24) is 9.78 Å². The second-order valence-corrected chi connectivity index (χ2v) is 4.08. The van der Waals surface area contributed by atoms with Crippen molar-refractivity contribution in [1.29, 1.82) is 0 Å². The Morgan fingerprint density at radius 1 is 1.42 bits per heavy atom. The molecule has 0 amide bonds. The number of hydrogen-bond acceptors (Lipinski definition) is 6. The van der Waals surface area contributed by atoms with E-state index in [0.717, 1.165) is 0 Å². The first-order valence-corrected chi connectivity index (χ1v) is 5.66. The van der Waals surface area contributed by atoms with E-state index in [0.29, 0.717) is 30.2 Å². The monoisotopic (exact) mass is 265 g/mol. The van der Waals surface area contributed by atoms with Crippen LogP contribution in [0.2, 0.25) is 0 Å². The molecule has 0 spiro atoms. The second-order valence-electron chi connectivity index (χ2n) is 4.08. The maximum absolute atomic E-state index is 10.6. The fourth-order valence-electron chi connectivity index (χ4n) is 1.96. The molecule has 2 aromatic rings. The van der Waals surface area contributed by atoms with Crippen molar-refractivity contribution in [3.8, 4) is 11.5 Å². The number of rotatable bonds is 3. The van der Waals surface area contributed by atoms with Gasteiger partial charge in [-0.15, -0.1) is 0 Å². The molecule has 1 fully saturated rings. The van der Waals surface area contributed by atoms with E-state index in [9.17, 15) is 10.1 Å². The molecule has 19 heavy (non-hydrogen) atoms. The van der Waals surface area contributed by atoms with Crippen LogP contribution in [0.4, 0.5) is 5.88 Å². The highest BCUT2D eigenvalue weighted by Crippen LogP contribution is 2.33. The topological polar surface area (TPSA) is 92.6 Å². The highest BCUT2D eigenvalue weighted by molar-refractivity contribution is 5.58. The molecule has 8 heteroatoms. The van der Waals surface area contributed by atoms with Gasteiger partial charge in [0.25, 0.3) is 0 Å². The first kappa shape index (κ1) is 11.9. The summed E-state index contributed by atoms with van der Waals surface area (Å²) < 4.78 is 17.6. The van der Waals surface area contributed by atoms with Gasteiger partial charge in [-0.05, 0) is 6.07 Å². The van der Waals surface area contributed by atoms with Gasteiger partial charge in [0.2, 0.25) is 0 Å². The Morgan fingerprint density at radius 2 is 2.16 bits per heavy atom. The lowest BCUT2D eigenvalue weighted by Gasteiger charge is -2.07. The van der Waals surface area contributed by atoms with E-state index in [-0.39, 0.29) is 5.88 Å². The Hall–Kier alpha value is -2.19. The lowest BCUT2D eigenvalue weighted by atomic mass is 10.2. The molecule has 2 aromatic heterocycles. The van der Waals surface area contributed by atoms with Crippen LogP contribution >= 0.6 is 0 Å². The molecular weight excluding hydrogens is 254 g/mol. The lowest BCUT2D eigenvalue weighted by molar-refractivity contribution is -0.401. The van der Waals surface area contributed by atoms with Gasteiger partial charge in [-0.2, -0.15) is 5.10 Å². The van der Waals surface area contributed by atoms with E-state index in [1.807, 2.05) is 0 Å². The van der Waals surface area contributed by atoms with Gasteiger partial charge in [-0.3, -0.25) is 14.8 Å².